The minimum Gasteiger partial charge on any atom is -0.272 e. The van der Waals surface area contributed by atoms with Gasteiger partial charge in [0.25, 0.3) is 5.91 Å². The van der Waals surface area contributed by atoms with Gasteiger partial charge >= 0.3 is 0 Å². The number of nitrogens with zero attached hydrogens (tertiary/aromatic N) is 2. The first-order valence-electron chi connectivity index (χ1n) is 7.71. The lowest BCUT2D eigenvalue weighted by molar-refractivity contribution is -0.129. The molecule has 0 unspecified atom stereocenters. The first-order chi connectivity index (χ1) is 11.1. The van der Waals surface area contributed by atoms with E-state index in [9.17, 15) is 4.79 Å². The van der Waals surface area contributed by atoms with E-state index in [1.165, 1.54) is 5.56 Å². The maximum Gasteiger partial charge on any atom is 0.256 e. The largest absolute Gasteiger partial charge is 0.272 e. The molecule has 2 aromatic carbocycles. The van der Waals surface area contributed by atoms with Gasteiger partial charge in [0.05, 0.1) is 11.5 Å². The molecule has 2 aromatic rings. The van der Waals surface area contributed by atoms with Crippen molar-refractivity contribution in [2.24, 2.45) is 5.10 Å². The summed E-state index contributed by atoms with van der Waals surface area (Å²) in [7, 11) is 0. The average Bonchev–Trinajstić information content (AvgIpc) is 2.82. The topological polar surface area (TPSA) is 32.7 Å². The Morgan fingerprint density at radius 3 is 2.39 bits per heavy atom. The van der Waals surface area contributed by atoms with Gasteiger partial charge in [-0.25, -0.2) is 5.01 Å². The number of rotatable bonds is 3. The SMILES string of the molecule is Cc1ccccc1/C=N/N1C(=O)[C@@H](C)S[C@@H]1c1ccccc1C. The molecule has 1 amide bonds. The van der Waals surface area contributed by atoms with Crippen molar-refractivity contribution in [2.75, 3.05) is 0 Å². The van der Waals surface area contributed by atoms with Crippen LogP contribution in [0.1, 0.15) is 34.6 Å². The maximum atomic E-state index is 12.5. The quantitative estimate of drug-likeness (QED) is 0.789. The molecule has 23 heavy (non-hydrogen) atoms. The van der Waals surface area contributed by atoms with Gasteiger partial charge in [-0.3, -0.25) is 4.79 Å². The summed E-state index contributed by atoms with van der Waals surface area (Å²) >= 11 is 1.65. The molecule has 3 rings (SSSR count). The fourth-order valence-electron chi connectivity index (χ4n) is 2.65. The molecule has 2 atom stereocenters. The summed E-state index contributed by atoms with van der Waals surface area (Å²) in [6.07, 6.45) is 1.79. The fourth-order valence-corrected chi connectivity index (χ4v) is 3.95. The van der Waals surface area contributed by atoms with E-state index in [1.807, 2.05) is 50.2 Å². The summed E-state index contributed by atoms with van der Waals surface area (Å²) in [5.41, 5.74) is 4.52. The zero-order chi connectivity index (χ0) is 16.4. The Kier molecular flexibility index (Phi) is 4.53. The summed E-state index contributed by atoms with van der Waals surface area (Å²) in [5.74, 6) is 0.0630. The highest BCUT2D eigenvalue weighted by atomic mass is 32.2. The van der Waals surface area contributed by atoms with E-state index >= 15 is 0 Å². The van der Waals surface area contributed by atoms with Gasteiger partial charge in [-0.15, -0.1) is 11.8 Å². The molecule has 0 N–H and O–H groups in total. The van der Waals surface area contributed by atoms with Crippen LogP contribution >= 0.6 is 11.8 Å². The number of hydrazone groups is 1. The monoisotopic (exact) mass is 324 g/mol. The summed E-state index contributed by atoms with van der Waals surface area (Å²) in [4.78, 5) is 12.5. The fraction of sp³-hybridized carbons (Fsp3) is 0.263. The summed E-state index contributed by atoms with van der Waals surface area (Å²) < 4.78 is 0. The van der Waals surface area contributed by atoms with Crippen LogP contribution in [0.4, 0.5) is 0 Å². The van der Waals surface area contributed by atoms with Gasteiger partial charge in [0, 0.05) is 0 Å². The highest BCUT2D eigenvalue weighted by Gasteiger charge is 2.39. The number of aryl methyl sites for hydroxylation is 2. The second-order valence-corrected chi connectivity index (χ2v) is 7.20. The van der Waals surface area contributed by atoms with Gasteiger partial charge < -0.3 is 0 Å². The lowest BCUT2D eigenvalue weighted by Gasteiger charge is -2.20. The van der Waals surface area contributed by atoms with Crippen LogP contribution in [0.15, 0.2) is 53.6 Å². The molecule has 1 saturated heterocycles. The Morgan fingerprint density at radius 1 is 1.04 bits per heavy atom. The molecule has 0 aromatic heterocycles. The molecule has 1 heterocycles. The highest BCUT2D eigenvalue weighted by molar-refractivity contribution is 8.01. The summed E-state index contributed by atoms with van der Waals surface area (Å²) in [6.45, 7) is 6.07. The van der Waals surface area contributed by atoms with Gasteiger partial charge in [0.2, 0.25) is 0 Å². The first kappa shape index (κ1) is 15.8. The lowest BCUT2D eigenvalue weighted by atomic mass is 10.1. The van der Waals surface area contributed by atoms with Gasteiger partial charge in [-0.2, -0.15) is 5.10 Å². The smallest absolute Gasteiger partial charge is 0.256 e. The predicted molar refractivity (Wildman–Crippen MR) is 96.6 cm³/mol. The van der Waals surface area contributed by atoms with Crippen molar-refractivity contribution < 1.29 is 4.79 Å². The van der Waals surface area contributed by atoms with Crippen LogP contribution in [-0.4, -0.2) is 22.4 Å². The van der Waals surface area contributed by atoms with Crippen LogP contribution in [-0.2, 0) is 4.79 Å². The van der Waals surface area contributed by atoms with Crippen LogP contribution in [0.3, 0.4) is 0 Å². The van der Waals surface area contributed by atoms with Crippen molar-refractivity contribution in [3.63, 3.8) is 0 Å². The second-order valence-electron chi connectivity index (χ2n) is 5.77. The molecule has 1 aliphatic rings. The molecular weight excluding hydrogens is 304 g/mol. The van der Waals surface area contributed by atoms with Crippen molar-refractivity contribution in [3.05, 3.63) is 70.8 Å². The molecule has 0 bridgehead atoms. The third-order valence-corrected chi connectivity index (χ3v) is 5.41. The van der Waals surface area contributed by atoms with Crippen molar-refractivity contribution in [2.45, 2.75) is 31.4 Å². The molecule has 4 heteroatoms. The molecule has 0 saturated carbocycles. The third kappa shape index (κ3) is 3.17. The number of carbonyl (C=O) groups is 1. The van der Waals surface area contributed by atoms with E-state index in [0.717, 1.165) is 16.7 Å². The van der Waals surface area contributed by atoms with E-state index < -0.39 is 0 Å². The lowest BCUT2D eigenvalue weighted by Crippen LogP contribution is -2.25. The van der Waals surface area contributed by atoms with Crippen molar-refractivity contribution in [1.29, 1.82) is 0 Å². The van der Waals surface area contributed by atoms with Crippen LogP contribution in [0, 0.1) is 13.8 Å². The Balaban J connectivity index is 1.93. The minimum atomic E-state index is -0.0753. The molecule has 118 valence electrons. The van der Waals surface area contributed by atoms with Crippen molar-refractivity contribution in [3.8, 4) is 0 Å². The molecule has 3 nitrogen and oxygen atoms in total. The molecular formula is C19H20N2OS. The van der Waals surface area contributed by atoms with Crippen molar-refractivity contribution >= 4 is 23.9 Å². The van der Waals surface area contributed by atoms with E-state index in [-0.39, 0.29) is 16.5 Å². The highest BCUT2D eigenvalue weighted by Crippen LogP contribution is 2.44. The van der Waals surface area contributed by atoms with E-state index in [0.29, 0.717) is 0 Å². The Hall–Kier alpha value is -2.07. The number of carbonyl (C=O) groups excluding carboxylic acids is 1. The zero-order valence-corrected chi connectivity index (χ0v) is 14.4. The number of hydrogen-bond acceptors (Lipinski definition) is 3. The van der Waals surface area contributed by atoms with E-state index in [2.05, 4.69) is 24.2 Å². The molecule has 0 radical (unpaired) electrons. The zero-order valence-electron chi connectivity index (χ0n) is 13.6. The van der Waals surface area contributed by atoms with Crippen LogP contribution in [0.5, 0.6) is 0 Å². The number of benzene rings is 2. The predicted octanol–water partition coefficient (Wildman–Crippen LogP) is 4.30. The second kappa shape index (κ2) is 6.59. The summed E-state index contributed by atoms with van der Waals surface area (Å²) in [5, 5.41) is 6.02. The number of hydrogen-bond donors (Lipinski definition) is 0. The molecule has 0 spiro atoms. The normalized spacial score (nSPS) is 21.3. The van der Waals surface area contributed by atoms with E-state index in [4.69, 9.17) is 0 Å². The van der Waals surface area contributed by atoms with Gasteiger partial charge in [0.15, 0.2) is 0 Å². The number of amides is 1. The molecule has 0 aliphatic carbocycles. The third-order valence-electron chi connectivity index (χ3n) is 4.09. The first-order valence-corrected chi connectivity index (χ1v) is 8.66. The Morgan fingerprint density at radius 2 is 1.70 bits per heavy atom. The average molecular weight is 324 g/mol. The minimum absolute atomic E-state index is 0.0565. The standard InChI is InChI=1S/C19H20N2OS/c1-13-8-4-6-10-16(13)12-20-21-18(22)15(3)23-19(21)17-11-7-5-9-14(17)2/h4-12,15,19H,1-3H3/b20-12+/t15-,19-/m1/s1. The van der Waals surface area contributed by atoms with E-state index in [1.54, 1.807) is 23.0 Å². The number of thioether (sulfide) groups is 1. The van der Waals surface area contributed by atoms with Crippen LogP contribution in [0.25, 0.3) is 0 Å². The maximum absolute atomic E-state index is 12.5. The van der Waals surface area contributed by atoms with Crippen LogP contribution in [0.2, 0.25) is 0 Å². The molecule has 1 aliphatic heterocycles. The van der Waals surface area contributed by atoms with Gasteiger partial charge in [-0.1, -0.05) is 48.5 Å². The van der Waals surface area contributed by atoms with Gasteiger partial charge in [0.1, 0.15) is 5.37 Å². The Bertz CT molecular complexity index is 757. The van der Waals surface area contributed by atoms with Crippen molar-refractivity contribution in [1.82, 2.24) is 5.01 Å². The van der Waals surface area contributed by atoms with Crippen LogP contribution < -0.4 is 0 Å². The Labute approximate surface area is 141 Å². The van der Waals surface area contributed by atoms with Gasteiger partial charge in [-0.05, 0) is 43.0 Å². The summed E-state index contributed by atoms with van der Waals surface area (Å²) in [6, 6.07) is 16.2. The molecule has 1 fully saturated rings.